The van der Waals surface area contributed by atoms with E-state index in [1.54, 1.807) is 6.20 Å². The van der Waals surface area contributed by atoms with Crippen molar-refractivity contribution < 1.29 is 9.53 Å². The minimum atomic E-state index is 0.0918. The molecule has 0 unspecified atom stereocenters. The number of nitrogens with zero attached hydrogens (tertiary/aromatic N) is 3. The Balaban J connectivity index is 1.53. The van der Waals surface area contributed by atoms with Crippen LogP contribution in [0.3, 0.4) is 0 Å². The van der Waals surface area contributed by atoms with Gasteiger partial charge < -0.3 is 9.64 Å². The average Bonchev–Trinajstić information content (AvgIpc) is 3.26. The van der Waals surface area contributed by atoms with Crippen LogP contribution in [0.1, 0.15) is 18.4 Å². The number of benzene rings is 1. The van der Waals surface area contributed by atoms with Crippen molar-refractivity contribution in [2.75, 3.05) is 13.2 Å². The van der Waals surface area contributed by atoms with Crippen LogP contribution in [0.5, 0.6) is 5.75 Å². The van der Waals surface area contributed by atoms with E-state index in [1.165, 1.54) is 0 Å². The largest absolute Gasteiger partial charge is 0.488 e. The number of fused-ring (bicyclic) bond motifs is 1. The van der Waals surface area contributed by atoms with Gasteiger partial charge in [-0.25, -0.2) is 0 Å². The molecule has 1 aromatic heterocycles. The third kappa shape index (κ3) is 2.74. The van der Waals surface area contributed by atoms with Crippen LogP contribution in [-0.2, 0) is 11.3 Å². The van der Waals surface area contributed by atoms with Crippen LogP contribution in [0, 0.1) is 0 Å². The van der Waals surface area contributed by atoms with Crippen molar-refractivity contribution in [1.29, 1.82) is 0 Å². The highest BCUT2D eigenvalue weighted by Gasteiger charge is 2.31. The van der Waals surface area contributed by atoms with Gasteiger partial charge in [0.1, 0.15) is 12.4 Å². The Morgan fingerprint density at radius 1 is 1.30 bits per heavy atom. The van der Waals surface area contributed by atoms with Gasteiger partial charge in [-0.2, -0.15) is 5.10 Å². The first-order valence-electron chi connectivity index (χ1n) is 8.02. The lowest BCUT2D eigenvalue weighted by Gasteiger charge is -2.27. The molecule has 1 saturated heterocycles. The van der Waals surface area contributed by atoms with Crippen molar-refractivity contribution in [3.8, 4) is 5.75 Å². The lowest BCUT2D eigenvalue weighted by Crippen LogP contribution is -2.40. The standard InChI is InChI=1S/C18H19N3O2/c22-18(15-11-14-5-1-2-7-17(14)23-13-15)21-10-3-6-16(21)12-20-9-4-8-19-20/h1-2,4-5,7-9,11,16H,3,6,10,12-13H2/t16-/m1/s1. The minimum Gasteiger partial charge on any atom is -0.488 e. The molecular formula is C18H19N3O2. The zero-order valence-corrected chi connectivity index (χ0v) is 12.9. The van der Waals surface area contributed by atoms with Crippen LogP contribution >= 0.6 is 0 Å². The first kappa shape index (κ1) is 14.1. The maximum Gasteiger partial charge on any atom is 0.253 e. The topological polar surface area (TPSA) is 47.4 Å². The molecule has 0 radical (unpaired) electrons. The molecule has 2 aromatic rings. The highest BCUT2D eigenvalue weighted by molar-refractivity contribution is 5.99. The Kier molecular flexibility index (Phi) is 3.61. The number of carbonyl (C=O) groups is 1. The van der Waals surface area contributed by atoms with Gasteiger partial charge in [0.05, 0.1) is 18.2 Å². The second kappa shape index (κ2) is 5.91. The number of hydrogen-bond acceptors (Lipinski definition) is 3. The zero-order chi connectivity index (χ0) is 15.6. The van der Waals surface area contributed by atoms with E-state index in [-0.39, 0.29) is 11.9 Å². The highest BCUT2D eigenvalue weighted by atomic mass is 16.5. The molecule has 4 rings (SSSR count). The quantitative estimate of drug-likeness (QED) is 0.874. The number of likely N-dealkylation sites (tertiary alicyclic amines) is 1. The van der Waals surface area contributed by atoms with Gasteiger partial charge in [-0.05, 0) is 31.1 Å². The second-order valence-corrected chi connectivity index (χ2v) is 6.02. The number of hydrogen-bond donors (Lipinski definition) is 0. The van der Waals surface area contributed by atoms with Crippen molar-refractivity contribution in [3.05, 3.63) is 53.9 Å². The van der Waals surface area contributed by atoms with Gasteiger partial charge in [0.15, 0.2) is 0 Å². The van der Waals surface area contributed by atoms with Crippen molar-refractivity contribution in [1.82, 2.24) is 14.7 Å². The van der Waals surface area contributed by atoms with Crippen molar-refractivity contribution in [2.24, 2.45) is 0 Å². The van der Waals surface area contributed by atoms with Gasteiger partial charge in [-0.3, -0.25) is 9.48 Å². The number of amides is 1. The summed E-state index contributed by atoms with van der Waals surface area (Å²) >= 11 is 0. The van der Waals surface area contributed by atoms with E-state index in [9.17, 15) is 4.79 Å². The van der Waals surface area contributed by atoms with Crippen LogP contribution in [0.4, 0.5) is 0 Å². The monoisotopic (exact) mass is 309 g/mol. The summed E-state index contributed by atoms with van der Waals surface area (Å²) in [5.41, 5.74) is 1.71. The fourth-order valence-electron chi connectivity index (χ4n) is 3.34. The molecule has 2 aliphatic rings. The minimum absolute atomic E-state index is 0.0918. The normalized spacial score (nSPS) is 19.9. The van der Waals surface area contributed by atoms with E-state index in [1.807, 2.05) is 52.2 Å². The molecule has 1 aromatic carbocycles. The number of rotatable bonds is 3. The van der Waals surface area contributed by atoms with Crippen LogP contribution in [0.2, 0.25) is 0 Å². The van der Waals surface area contributed by atoms with Crippen molar-refractivity contribution in [2.45, 2.75) is 25.4 Å². The Morgan fingerprint density at radius 3 is 3.09 bits per heavy atom. The average molecular weight is 309 g/mol. The summed E-state index contributed by atoms with van der Waals surface area (Å²) in [4.78, 5) is 14.9. The first-order chi connectivity index (χ1) is 11.3. The van der Waals surface area contributed by atoms with Crippen LogP contribution in [0.15, 0.2) is 48.3 Å². The summed E-state index contributed by atoms with van der Waals surface area (Å²) < 4.78 is 7.62. The number of ether oxygens (including phenoxy) is 1. The lowest BCUT2D eigenvalue weighted by atomic mass is 10.1. The molecule has 118 valence electrons. The van der Waals surface area contributed by atoms with E-state index in [0.717, 1.165) is 42.8 Å². The van der Waals surface area contributed by atoms with Gasteiger partial charge in [-0.15, -0.1) is 0 Å². The second-order valence-electron chi connectivity index (χ2n) is 6.02. The molecule has 5 nitrogen and oxygen atoms in total. The van der Waals surface area contributed by atoms with Gasteiger partial charge in [0.25, 0.3) is 5.91 Å². The predicted molar refractivity (Wildman–Crippen MR) is 86.9 cm³/mol. The molecule has 5 heteroatoms. The van der Waals surface area contributed by atoms with Crippen molar-refractivity contribution >= 4 is 12.0 Å². The SMILES string of the molecule is O=C(C1=Cc2ccccc2OC1)N1CCC[C@@H]1Cn1cccn1. The third-order valence-corrected chi connectivity index (χ3v) is 4.50. The van der Waals surface area contributed by atoms with E-state index in [2.05, 4.69) is 5.10 Å². The number of carbonyl (C=O) groups excluding carboxylic acids is 1. The maximum absolute atomic E-state index is 12.9. The third-order valence-electron chi connectivity index (χ3n) is 4.50. The van der Waals surface area contributed by atoms with E-state index in [0.29, 0.717) is 6.61 Å². The molecule has 1 fully saturated rings. The van der Waals surface area contributed by atoms with Crippen molar-refractivity contribution in [3.63, 3.8) is 0 Å². The summed E-state index contributed by atoms with van der Waals surface area (Å²) in [5.74, 6) is 0.938. The van der Waals surface area contributed by atoms with Gasteiger partial charge >= 0.3 is 0 Å². The van der Waals surface area contributed by atoms with Crippen LogP contribution in [0.25, 0.3) is 6.08 Å². The lowest BCUT2D eigenvalue weighted by molar-refractivity contribution is -0.128. The molecule has 0 bridgehead atoms. The van der Waals surface area contributed by atoms with Gasteiger partial charge in [0.2, 0.25) is 0 Å². The Bertz CT molecular complexity index is 736. The Morgan fingerprint density at radius 2 is 2.22 bits per heavy atom. The zero-order valence-electron chi connectivity index (χ0n) is 12.9. The van der Waals surface area contributed by atoms with E-state index >= 15 is 0 Å². The summed E-state index contributed by atoms with van der Waals surface area (Å²) in [5, 5.41) is 4.26. The van der Waals surface area contributed by atoms with Crippen LogP contribution < -0.4 is 4.74 Å². The molecule has 3 heterocycles. The van der Waals surface area contributed by atoms with Crippen LogP contribution in [-0.4, -0.2) is 39.8 Å². The Hall–Kier alpha value is -2.56. The van der Waals surface area contributed by atoms with Gasteiger partial charge in [0, 0.05) is 24.5 Å². The molecule has 1 atom stereocenters. The first-order valence-corrected chi connectivity index (χ1v) is 8.02. The fraction of sp³-hybridized carbons (Fsp3) is 0.333. The molecule has 0 aliphatic carbocycles. The molecule has 23 heavy (non-hydrogen) atoms. The summed E-state index contributed by atoms with van der Waals surface area (Å²) in [6, 6.07) is 9.94. The number of aromatic nitrogens is 2. The molecule has 2 aliphatic heterocycles. The smallest absolute Gasteiger partial charge is 0.253 e. The summed E-state index contributed by atoms with van der Waals surface area (Å²) in [7, 11) is 0. The maximum atomic E-state index is 12.9. The summed E-state index contributed by atoms with van der Waals surface area (Å²) in [6.45, 7) is 1.91. The van der Waals surface area contributed by atoms with Gasteiger partial charge in [-0.1, -0.05) is 18.2 Å². The van der Waals surface area contributed by atoms with E-state index < -0.39 is 0 Å². The predicted octanol–water partition coefficient (Wildman–Crippen LogP) is 2.35. The molecule has 0 N–H and O–H groups in total. The molecule has 0 spiro atoms. The fourth-order valence-corrected chi connectivity index (χ4v) is 3.34. The Labute approximate surface area is 135 Å². The number of para-hydroxylation sites is 1. The molecular weight excluding hydrogens is 290 g/mol. The summed E-state index contributed by atoms with van der Waals surface area (Å²) in [6.07, 6.45) is 7.75. The van der Waals surface area contributed by atoms with E-state index in [4.69, 9.17) is 4.74 Å². The molecule has 1 amide bonds. The highest BCUT2D eigenvalue weighted by Crippen LogP contribution is 2.28. The molecule has 0 saturated carbocycles.